The second-order valence-electron chi connectivity index (χ2n) is 5.02. The summed E-state index contributed by atoms with van der Waals surface area (Å²) in [6.07, 6.45) is 1.86. The SMILES string of the molecule is CN(C)c1cc(CNC(C)(C)C)ccn1. The third-order valence-electron chi connectivity index (χ3n) is 2.09. The van der Waals surface area contributed by atoms with Crippen LogP contribution >= 0.6 is 0 Å². The summed E-state index contributed by atoms with van der Waals surface area (Å²) < 4.78 is 0. The summed E-state index contributed by atoms with van der Waals surface area (Å²) in [6, 6.07) is 4.16. The number of anilines is 1. The van der Waals surface area contributed by atoms with E-state index in [4.69, 9.17) is 0 Å². The van der Waals surface area contributed by atoms with Crippen LogP contribution in [0.4, 0.5) is 5.82 Å². The number of nitrogens with one attached hydrogen (secondary N) is 1. The number of hydrogen-bond acceptors (Lipinski definition) is 3. The fraction of sp³-hybridized carbons (Fsp3) is 0.583. The number of hydrogen-bond donors (Lipinski definition) is 1. The molecule has 84 valence electrons. The first-order valence-corrected chi connectivity index (χ1v) is 5.26. The van der Waals surface area contributed by atoms with Gasteiger partial charge in [-0.25, -0.2) is 4.98 Å². The molecule has 0 radical (unpaired) electrons. The van der Waals surface area contributed by atoms with Crippen LogP contribution in [0.5, 0.6) is 0 Å². The Labute approximate surface area is 92.5 Å². The van der Waals surface area contributed by atoms with Crippen LogP contribution < -0.4 is 10.2 Å². The molecular formula is C12H21N3. The molecule has 1 aromatic heterocycles. The van der Waals surface area contributed by atoms with Crippen LogP contribution in [-0.2, 0) is 6.54 Å². The zero-order chi connectivity index (χ0) is 11.5. The van der Waals surface area contributed by atoms with E-state index in [0.717, 1.165) is 12.4 Å². The van der Waals surface area contributed by atoms with E-state index in [9.17, 15) is 0 Å². The molecule has 3 nitrogen and oxygen atoms in total. The molecule has 0 aromatic carbocycles. The predicted molar refractivity (Wildman–Crippen MR) is 65.2 cm³/mol. The molecule has 1 aromatic rings. The normalized spacial score (nSPS) is 11.5. The highest BCUT2D eigenvalue weighted by Crippen LogP contribution is 2.10. The molecule has 1 rings (SSSR count). The fourth-order valence-electron chi connectivity index (χ4n) is 1.18. The van der Waals surface area contributed by atoms with Crippen molar-refractivity contribution in [2.75, 3.05) is 19.0 Å². The number of aromatic nitrogens is 1. The van der Waals surface area contributed by atoms with Gasteiger partial charge in [0, 0.05) is 32.4 Å². The van der Waals surface area contributed by atoms with Gasteiger partial charge in [0.1, 0.15) is 5.82 Å². The minimum Gasteiger partial charge on any atom is -0.363 e. The first-order valence-electron chi connectivity index (χ1n) is 5.26. The lowest BCUT2D eigenvalue weighted by Crippen LogP contribution is -2.35. The van der Waals surface area contributed by atoms with Gasteiger partial charge >= 0.3 is 0 Å². The van der Waals surface area contributed by atoms with Crippen molar-refractivity contribution in [3.05, 3.63) is 23.9 Å². The van der Waals surface area contributed by atoms with Crippen molar-refractivity contribution >= 4 is 5.82 Å². The molecule has 3 heteroatoms. The van der Waals surface area contributed by atoms with Gasteiger partial charge in [0.05, 0.1) is 0 Å². The molecule has 1 N–H and O–H groups in total. The van der Waals surface area contributed by atoms with Crippen LogP contribution in [0.2, 0.25) is 0 Å². The van der Waals surface area contributed by atoms with E-state index in [0.29, 0.717) is 0 Å². The highest BCUT2D eigenvalue weighted by Gasteiger charge is 2.08. The summed E-state index contributed by atoms with van der Waals surface area (Å²) >= 11 is 0. The molecule has 15 heavy (non-hydrogen) atoms. The Hall–Kier alpha value is -1.09. The second-order valence-corrected chi connectivity index (χ2v) is 5.02. The van der Waals surface area contributed by atoms with Gasteiger partial charge in [0.15, 0.2) is 0 Å². The van der Waals surface area contributed by atoms with Gasteiger partial charge < -0.3 is 10.2 Å². The molecule has 1 heterocycles. The van der Waals surface area contributed by atoms with Crippen LogP contribution in [-0.4, -0.2) is 24.6 Å². The maximum atomic E-state index is 4.28. The van der Waals surface area contributed by atoms with E-state index >= 15 is 0 Å². The van der Waals surface area contributed by atoms with E-state index in [1.54, 1.807) is 0 Å². The molecule has 0 fully saturated rings. The van der Waals surface area contributed by atoms with Crippen LogP contribution in [0.15, 0.2) is 18.3 Å². The Kier molecular flexibility index (Phi) is 3.69. The first-order chi connectivity index (χ1) is 6.88. The molecular weight excluding hydrogens is 186 g/mol. The van der Waals surface area contributed by atoms with Gasteiger partial charge in [-0.05, 0) is 38.5 Å². The summed E-state index contributed by atoms with van der Waals surface area (Å²) in [4.78, 5) is 6.30. The lowest BCUT2D eigenvalue weighted by Gasteiger charge is -2.21. The van der Waals surface area contributed by atoms with Gasteiger partial charge in [-0.1, -0.05) is 0 Å². The molecule has 0 bridgehead atoms. The quantitative estimate of drug-likeness (QED) is 0.822. The van der Waals surface area contributed by atoms with E-state index < -0.39 is 0 Å². The highest BCUT2D eigenvalue weighted by atomic mass is 15.1. The lowest BCUT2D eigenvalue weighted by atomic mass is 10.1. The molecule has 0 saturated carbocycles. The Morgan fingerprint density at radius 2 is 2.00 bits per heavy atom. The summed E-state index contributed by atoms with van der Waals surface area (Å²) in [5.74, 6) is 1.00. The van der Waals surface area contributed by atoms with Crippen molar-refractivity contribution in [1.29, 1.82) is 0 Å². The molecule has 0 aliphatic rings. The van der Waals surface area contributed by atoms with Gasteiger partial charge in [0.25, 0.3) is 0 Å². The largest absolute Gasteiger partial charge is 0.363 e. The van der Waals surface area contributed by atoms with Crippen molar-refractivity contribution in [2.24, 2.45) is 0 Å². The van der Waals surface area contributed by atoms with Crippen molar-refractivity contribution in [3.63, 3.8) is 0 Å². The molecule has 0 atom stereocenters. The van der Waals surface area contributed by atoms with Gasteiger partial charge in [-0.15, -0.1) is 0 Å². The smallest absolute Gasteiger partial charge is 0.128 e. The summed E-state index contributed by atoms with van der Waals surface area (Å²) in [5, 5.41) is 3.46. The highest BCUT2D eigenvalue weighted by molar-refractivity contribution is 5.38. The minimum atomic E-state index is 0.154. The third kappa shape index (κ3) is 4.30. The fourth-order valence-corrected chi connectivity index (χ4v) is 1.18. The molecule has 0 amide bonds. The second kappa shape index (κ2) is 4.62. The average molecular weight is 207 g/mol. The van der Waals surface area contributed by atoms with Gasteiger partial charge in [-0.2, -0.15) is 0 Å². The zero-order valence-electron chi connectivity index (χ0n) is 10.3. The predicted octanol–water partition coefficient (Wildman–Crippen LogP) is 2.04. The Bertz CT molecular complexity index is 313. The summed E-state index contributed by atoms with van der Waals surface area (Å²) in [7, 11) is 4.01. The van der Waals surface area contributed by atoms with Crippen LogP contribution in [0.1, 0.15) is 26.3 Å². The maximum Gasteiger partial charge on any atom is 0.128 e. The van der Waals surface area contributed by atoms with Crippen molar-refractivity contribution < 1.29 is 0 Å². The van der Waals surface area contributed by atoms with Gasteiger partial charge in [-0.3, -0.25) is 0 Å². The Morgan fingerprint density at radius 3 is 2.53 bits per heavy atom. The third-order valence-corrected chi connectivity index (χ3v) is 2.09. The monoisotopic (exact) mass is 207 g/mol. The van der Waals surface area contributed by atoms with E-state index in [1.807, 2.05) is 31.3 Å². The topological polar surface area (TPSA) is 28.2 Å². The van der Waals surface area contributed by atoms with E-state index in [2.05, 4.69) is 37.1 Å². The number of rotatable bonds is 3. The molecule has 0 aliphatic carbocycles. The first kappa shape index (κ1) is 12.0. The molecule has 0 spiro atoms. The Morgan fingerprint density at radius 1 is 1.33 bits per heavy atom. The number of pyridine rings is 1. The maximum absolute atomic E-state index is 4.28. The Balaban J connectivity index is 2.66. The minimum absolute atomic E-state index is 0.154. The van der Waals surface area contributed by atoms with Crippen molar-refractivity contribution in [3.8, 4) is 0 Å². The molecule has 0 aliphatic heterocycles. The zero-order valence-corrected chi connectivity index (χ0v) is 10.3. The summed E-state index contributed by atoms with van der Waals surface area (Å²) in [6.45, 7) is 7.38. The number of nitrogens with zero attached hydrogens (tertiary/aromatic N) is 2. The van der Waals surface area contributed by atoms with E-state index in [1.165, 1.54) is 5.56 Å². The van der Waals surface area contributed by atoms with Crippen LogP contribution in [0, 0.1) is 0 Å². The summed E-state index contributed by atoms with van der Waals surface area (Å²) in [5.41, 5.74) is 1.42. The standard InChI is InChI=1S/C12H21N3/c1-12(2,3)14-9-10-6-7-13-11(8-10)15(4)5/h6-8,14H,9H2,1-5H3. The molecule has 0 saturated heterocycles. The van der Waals surface area contributed by atoms with E-state index in [-0.39, 0.29) is 5.54 Å². The van der Waals surface area contributed by atoms with Crippen molar-refractivity contribution in [2.45, 2.75) is 32.9 Å². The van der Waals surface area contributed by atoms with Gasteiger partial charge in [0.2, 0.25) is 0 Å². The molecule has 0 unspecified atom stereocenters. The lowest BCUT2D eigenvalue weighted by molar-refractivity contribution is 0.424. The van der Waals surface area contributed by atoms with Crippen molar-refractivity contribution in [1.82, 2.24) is 10.3 Å². The van der Waals surface area contributed by atoms with Crippen LogP contribution in [0.25, 0.3) is 0 Å². The average Bonchev–Trinajstić information content (AvgIpc) is 2.14. The van der Waals surface area contributed by atoms with Crippen LogP contribution in [0.3, 0.4) is 0 Å².